The predicted molar refractivity (Wildman–Crippen MR) is 82.5 cm³/mol. The van der Waals surface area contributed by atoms with Crippen LogP contribution in [-0.2, 0) is 23.9 Å². The molecule has 1 heterocycles. The van der Waals surface area contributed by atoms with Crippen LogP contribution in [0, 0.1) is 0 Å². The molecule has 1 saturated carbocycles. The molecule has 0 atom stereocenters. The molecule has 0 aromatic rings. The van der Waals surface area contributed by atoms with Crippen molar-refractivity contribution >= 4 is 17.7 Å². The van der Waals surface area contributed by atoms with Gasteiger partial charge in [0.25, 0.3) is 11.8 Å². The number of ether oxygens (including phenoxy) is 2. The molecule has 1 aliphatic carbocycles. The highest BCUT2D eigenvalue weighted by Crippen LogP contribution is 2.25. The average Bonchev–Trinajstić information content (AvgIpc) is 2.87. The van der Waals surface area contributed by atoms with E-state index in [4.69, 9.17) is 9.47 Å². The molecular weight excluding hydrogens is 300 g/mol. The van der Waals surface area contributed by atoms with E-state index in [2.05, 4.69) is 5.32 Å². The molecule has 1 aliphatic heterocycles. The summed E-state index contributed by atoms with van der Waals surface area (Å²) in [5.74, 6) is -0.479. The van der Waals surface area contributed by atoms with Gasteiger partial charge in [-0.25, -0.2) is 0 Å². The number of rotatable bonds is 8. The van der Waals surface area contributed by atoms with Crippen LogP contribution in [0.1, 0.15) is 32.1 Å². The number of carbonyl (C=O) groups is 3. The lowest BCUT2D eigenvalue weighted by atomic mass is 9.90. The van der Waals surface area contributed by atoms with Gasteiger partial charge in [0.05, 0.1) is 19.8 Å². The quantitative estimate of drug-likeness (QED) is 0.516. The summed E-state index contributed by atoms with van der Waals surface area (Å²) in [7, 11) is 1.60. The molecule has 0 aromatic carbocycles. The summed E-state index contributed by atoms with van der Waals surface area (Å²) >= 11 is 0. The van der Waals surface area contributed by atoms with E-state index in [9.17, 15) is 14.4 Å². The molecule has 2 rings (SSSR count). The third-order valence-corrected chi connectivity index (χ3v) is 4.18. The van der Waals surface area contributed by atoms with Gasteiger partial charge in [-0.3, -0.25) is 19.3 Å². The van der Waals surface area contributed by atoms with Crippen LogP contribution in [0.5, 0.6) is 0 Å². The Labute approximate surface area is 136 Å². The van der Waals surface area contributed by atoms with Crippen LogP contribution in [0.25, 0.3) is 0 Å². The first-order valence-corrected chi connectivity index (χ1v) is 8.03. The SMILES string of the molecule is COCCOCCC(=O)NC1CCC(N2C(=O)C=CC2=O)CC1. The molecule has 1 fully saturated rings. The first-order chi connectivity index (χ1) is 11.1. The van der Waals surface area contributed by atoms with E-state index in [1.807, 2.05) is 0 Å². The zero-order valence-electron chi connectivity index (χ0n) is 13.5. The highest BCUT2D eigenvalue weighted by molar-refractivity contribution is 6.13. The maximum absolute atomic E-state index is 11.8. The van der Waals surface area contributed by atoms with Gasteiger partial charge < -0.3 is 14.8 Å². The summed E-state index contributed by atoms with van der Waals surface area (Å²) in [6.45, 7) is 1.39. The van der Waals surface area contributed by atoms with Crippen LogP contribution < -0.4 is 5.32 Å². The topological polar surface area (TPSA) is 84.9 Å². The fraction of sp³-hybridized carbons (Fsp3) is 0.688. The summed E-state index contributed by atoms with van der Waals surface area (Å²) in [6.07, 6.45) is 5.98. The first-order valence-electron chi connectivity index (χ1n) is 8.03. The molecule has 128 valence electrons. The molecule has 7 heteroatoms. The third-order valence-electron chi connectivity index (χ3n) is 4.18. The summed E-state index contributed by atoms with van der Waals surface area (Å²) < 4.78 is 10.1. The van der Waals surface area contributed by atoms with Crippen LogP contribution in [0.2, 0.25) is 0 Å². The van der Waals surface area contributed by atoms with Gasteiger partial charge >= 0.3 is 0 Å². The van der Waals surface area contributed by atoms with Crippen LogP contribution in [0.15, 0.2) is 12.2 Å². The molecule has 7 nitrogen and oxygen atoms in total. The fourth-order valence-corrected chi connectivity index (χ4v) is 2.96. The Hall–Kier alpha value is -1.73. The van der Waals surface area contributed by atoms with Crippen molar-refractivity contribution in [2.24, 2.45) is 0 Å². The summed E-state index contributed by atoms with van der Waals surface area (Å²) in [4.78, 5) is 36.5. The van der Waals surface area contributed by atoms with Crippen LogP contribution >= 0.6 is 0 Å². The van der Waals surface area contributed by atoms with E-state index >= 15 is 0 Å². The molecule has 0 aromatic heterocycles. The summed E-state index contributed by atoms with van der Waals surface area (Å²) in [5, 5.41) is 2.99. The van der Waals surface area contributed by atoms with Crippen LogP contribution in [0.4, 0.5) is 0 Å². The number of methoxy groups -OCH3 is 1. The van der Waals surface area contributed by atoms with Gasteiger partial charge in [0.2, 0.25) is 5.91 Å². The molecule has 0 saturated heterocycles. The van der Waals surface area contributed by atoms with Gasteiger partial charge in [0.1, 0.15) is 0 Å². The van der Waals surface area contributed by atoms with Gasteiger partial charge in [-0.15, -0.1) is 0 Å². The van der Waals surface area contributed by atoms with Gasteiger partial charge in [-0.2, -0.15) is 0 Å². The molecule has 0 spiro atoms. The van der Waals surface area contributed by atoms with Gasteiger partial charge in [0, 0.05) is 37.8 Å². The Morgan fingerprint density at radius 1 is 1.13 bits per heavy atom. The van der Waals surface area contributed by atoms with Crippen molar-refractivity contribution in [3.8, 4) is 0 Å². The first kappa shape index (κ1) is 17.6. The Morgan fingerprint density at radius 3 is 2.39 bits per heavy atom. The number of hydrogen-bond donors (Lipinski definition) is 1. The summed E-state index contributed by atoms with van der Waals surface area (Å²) in [6, 6.07) is 0.0639. The van der Waals surface area contributed by atoms with E-state index in [1.165, 1.54) is 17.1 Å². The van der Waals surface area contributed by atoms with Gasteiger partial charge in [-0.1, -0.05) is 0 Å². The lowest BCUT2D eigenvalue weighted by Gasteiger charge is -2.33. The van der Waals surface area contributed by atoms with E-state index in [0.29, 0.717) is 26.2 Å². The lowest BCUT2D eigenvalue weighted by molar-refractivity contribution is -0.140. The number of amides is 3. The second-order valence-corrected chi connectivity index (χ2v) is 5.81. The molecular formula is C16H24N2O5. The zero-order valence-corrected chi connectivity index (χ0v) is 13.5. The maximum Gasteiger partial charge on any atom is 0.253 e. The average molecular weight is 324 g/mol. The van der Waals surface area contributed by atoms with Crippen molar-refractivity contribution < 1.29 is 23.9 Å². The minimum absolute atomic E-state index is 0.0270. The van der Waals surface area contributed by atoms with Crippen molar-refractivity contribution in [2.45, 2.75) is 44.2 Å². The number of hydrogen-bond acceptors (Lipinski definition) is 5. The fourth-order valence-electron chi connectivity index (χ4n) is 2.96. The number of nitrogens with one attached hydrogen (secondary N) is 1. The van der Waals surface area contributed by atoms with Crippen LogP contribution in [-0.4, -0.2) is 61.6 Å². The van der Waals surface area contributed by atoms with E-state index < -0.39 is 0 Å². The second-order valence-electron chi connectivity index (χ2n) is 5.81. The van der Waals surface area contributed by atoms with Gasteiger partial charge in [-0.05, 0) is 25.7 Å². The van der Waals surface area contributed by atoms with Crippen molar-refractivity contribution in [1.29, 1.82) is 0 Å². The molecule has 0 radical (unpaired) electrons. The number of imide groups is 1. The summed E-state index contributed by atoms with van der Waals surface area (Å²) in [5.41, 5.74) is 0. The minimum atomic E-state index is -0.226. The van der Waals surface area contributed by atoms with Crippen LogP contribution in [0.3, 0.4) is 0 Å². The highest BCUT2D eigenvalue weighted by atomic mass is 16.5. The van der Waals surface area contributed by atoms with Crippen molar-refractivity contribution in [3.05, 3.63) is 12.2 Å². The monoisotopic (exact) mass is 324 g/mol. The van der Waals surface area contributed by atoms with Gasteiger partial charge in [0.15, 0.2) is 0 Å². The van der Waals surface area contributed by atoms with Crippen molar-refractivity contribution in [1.82, 2.24) is 10.2 Å². The second kappa shape index (κ2) is 8.79. The molecule has 3 amide bonds. The molecule has 0 unspecified atom stereocenters. The Bertz CT molecular complexity index is 451. The third kappa shape index (κ3) is 5.14. The predicted octanol–water partition coefficient (Wildman–Crippen LogP) is 0.392. The molecule has 0 bridgehead atoms. The van der Waals surface area contributed by atoms with Crippen molar-refractivity contribution in [3.63, 3.8) is 0 Å². The van der Waals surface area contributed by atoms with E-state index in [0.717, 1.165) is 25.7 Å². The Morgan fingerprint density at radius 2 is 1.78 bits per heavy atom. The molecule has 23 heavy (non-hydrogen) atoms. The van der Waals surface area contributed by atoms with Crippen molar-refractivity contribution in [2.75, 3.05) is 26.9 Å². The zero-order chi connectivity index (χ0) is 16.7. The standard InChI is InChI=1S/C16H24N2O5/c1-22-10-11-23-9-8-14(19)17-12-2-4-13(5-3-12)18-15(20)6-7-16(18)21/h6-7,12-13H,2-5,8-11H2,1H3,(H,17,19). The maximum atomic E-state index is 11.8. The number of carbonyl (C=O) groups excluding carboxylic acids is 3. The van der Waals surface area contributed by atoms with E-state index in [-0.39, 0.29) is 29.8 Å². The smallest absolute Gasteiger partial charge is 0.253 e. The minimum Gasteiger partial charge on any atom is -0.382 e. The normalized spacial score (nSPS) is 24.3. The van der Waals surface area contributed by atoms with E-state index in [1.54, 1.807) is 7.11 Å². The molecule has 2 aliphatic rings. The lowest BCUT2D eigenvalue weighted by Crippen LogP contribution is -2.46. The number of nitrogens with zero attached hydrogens (tertiary/aromatic N) is 1. The Balaban J connectivity index is 1.64. The molecule has 1 N–H and O–H groups in total. The Kier molecular flexibility index (Phi) is 6.73. The highest BCUT2D eigenvalue weighted by Gasteiger charge is 2.34. The largest absolute Gasteiger partial charge is 0.382 e.